The van der Waals surface area contributed by atoms with Gasteiger partial charge in [-0.3, -0.25) is 9.69 Å². The largest absolute Gasteiger partial charge is 0.292 e. The van der Waals surface area contributed by atoms with Gasteiger partial charge in [0.15, 0.2) is 5.78 Å². The van der Waals surface area contributed by atoms with E-state index in [0.717, 1.165) is 25.9 Å². The zero-order valence-electron chi connectivity index (χ0n) is 13.3. The van der Waals surface area contributed by atoms with Gasteiger partial charge in [0, 0.05) is 5.56 Å². The number of likely N-dealkylation sites (N-methyl/N-ethyl adjacent to an activating group) is 1. The molecule has 20 heavy (non-hydrogen) atoms. The van der Waals surface area contributed by atoms with E-state index in [2.05, 4.69) is 32.6 Å². The standard InChI is InChI=1S/C17H26FNO/c1-6-17(7-2,19(8-3)9-4)16(20)14-10-11-15(18)13(5)12-14/h10-12H,6-9H2,1-5H3. The Morgan fingerprint density at radius 1 is 1.15 bits per heavy atom. The lowest BCUT2D eigenvalue weighted by Crippen LogP contribution is -2.53. The van der Waals surface area contributed by atoms with Gasteiger partial charge < -0.3 is 0 Å². The van der Waals surface area contributed by atoms with Crippen LogP contribution in [0.5, 0.6) is 0 Å². The summed E-state index contributed by atoms with van der Waals surface area (Å²) in [5.74, 6) is -0.155. The summed E-state index contributed by atoms with van der Waals surface area (Å²) in [6.07, 6.45) is 1.53. The lowest BCUT2D eigenvalue weighted by atomic mass is 9.82. The molecule has 0 aromatic heterocycles. The molecule has 0 spiro atoms. The molecular formula is C17H26FNO. The van der Waals surface area contributed by atoms with Crippen LogP contribution in [0.4, 0.5) is 4.39 Å². The van der Waals surface area contributed by atoms with E-state index in [-0.39, 0.29) is 11.6 Å². The van der Waals surface area contributed by atoms with Crippen molar-refractivity contribution in [3.63, 3.8) is 0 Å². The highest BCUT2D eigenvalue weighted by Gasteiger charge is 2.39. The number of aryl methyl sites for hydroxylation is 1. The molecule has 0 saturated carbocycles. The van der Waals surface area contributed by atoms with E-state index in [1.807, 2.05) is 0 Å². The number of Topliss-reactive ketones (excluding diaryl/α,β-unsaturated/α-hetero) is 1. The number of carbonyl (C=O) groups is 1. The van der Waals surface area contributed by atoms with E-state index in [4.69, 9.17) is 0 Å². The van der Waals surface area contributed by atoms with E-state index < -0.39 is 5.54 Å². The normalized spacial score (nSPS) is 11.9. The summed E-state index contributed by atoms with van der Waals surface area (Å²) in [7, 11) is 0. The maximum Gasteiger partial charge on any atom is 0.183 e. The molecule has 1 rings (SSSR count). The van der Waals surface area contributed by atoms with Gasteiger partial charge in [0.1, 0.15) is 5.82 Å². The van der Waals surface area contributed by atoms with Gasteiger partial charge in [0.2, 0.25) is 0 Å². The summed E-state index contributed by atoms with van der Waals surface area (Å²) in [6, 6.07) is 4.66. The van der Waals surface area contributed by atoms with Crippen molar-refractivity contribution < 1.29 is 9.18 Å². The molecule has 112 valence electrons. The van der Waals surface area contributed by atoms with Crippen LogP contribution in [0.1, 0.15) is 56.5 Å². The number of carbonyl (C=O) groups excluding carboxylic acids is 1. The first-order valence-corrected chi connectivity index (χ1v) is 7.52. The molecule has 0 aliphatic carbocycles. The Morgan fingerprint density at radius 2 is 1.70 bits per heavy atom. The first-order chi connectivity index (χ1) is 9.46. The Hall–Kier alpha value is -1.22. The molecule has 0 heterocycles. The number of rotatable bonds is 7. The number of halogens is 1. The van der Waals surface area contributed by atoms with Crippen LogP contribution in [0.2, 0.25) is 0 Å². The van der Waals surface area contributed by atoms with Crippen LogP contribution in [0.3, 0.4) is 0 Å². The Labute approximate surface area is 122 Å². The predicted octanol–water partition coefficient (Wildman–Crippen LogP) is 4.22. The van der Waals surface area contributed by atoms with Crippen LogP contribution in [-0.4, -0.2) is 29.3 Å². The molecular weight excluding hydrogens is 253 g/mol. The van der Waals surface area contributed by atoms with E-state index in [0.29, 0.717) is 11.1 Å². The summed E-state index contributed by atoms with van der Waals surface area (Å²) in [4.78, 5) is 15.2. The molecule has 1 aromatic carbocycles. The quantitative estimate of drug-likeness (QED) is 0.697. The average Bonchev–Trinajstić information content (AvgIpc) is 2.47. The van der Waals surface area contributed by atoms with Crippen LogP contribution < -0.4 is 0 Å². The first-order valence-electron chi connectivity index (χ1n) is 7.52. The third-order valence-electron chi connectivity index (χ3n) is 4.38. The van der Waals surface area contributed by atoms with Gasteiger partial charge in [-0.1, -0.05) is 27.7 Å². The molecule has 0 N–H and O–H groups in total. The van der Waals surface area contributed by atoms with Crippen molar-refractivity contribution in [2.24, 2.45) is 0 Å². The van der Waals surface area contributed by atoms with Crippen LogP contribution in [0, 0.1) is 12.7 Å². The molecule has 0 unspecified atom stereocenters. The van der Waals surface area contributed by atoms with Crippen LogP contribution in [0.15, 0.2) is 18.2 Å². The number of hydrogen-bond acceptors (Lipinski definition) is 2. The Balaban J connectivity index is 3.26. The van der Waals surface area contributed by atoms with Crippen molar-refractivity contribution >= 4 is 5.78 Å². The molecule has 0 atom stereocenters. The lowest BCUT2D eigenvalue weighted by molar-refractivity contribution is 0.0535. The molecule has 3 heteroatoms. The monoisotopic (exact) mass is 279 g/mol. The second-order valence-electron chi connectivity index (χ2n) is 5.20. The lowest BCUT2D eigenvalue weighted by Gasteiger charge is -2.41. The predicted molar refractivity (Wildman–Crippen MR) is 81.7 cm³/mol. The van der Waals surface area contributed by atoms with Crippen molar-refractivity contribution in [3.8, 4) is 0 Å². The number of benzene rings is 1. The van der Waals surface area contributed by atoms with Gasteiger partial charge in [0.05, 0.1) is 5.54 Å². The van der Waals surface area contributed by atoms with Gasteiger partial charge in [-0.05, 0) is 56.6 Å². The van der Waals surface area contributed by atoms with E-state index >= 15 is 0 Å². The third-order valence-corrected chi connectivity index (χ3v) is 4.38. The summed E-state index contributed by atoms with van der Waals surface area (Å²) < 4.78 is 13.4. The minimum absolute atomic E-state index is 0.106. The van der Waals surface area contributed by atoms with Gasteiger partial charge in [-0.2, -0.15) is 0 Å². The van der Waals surface area contributed by atoms with Crippen molar-refractivity contribution in [3.05, 3.63) is 35.1 Å². The van der Waals surface area contributed by atoms with Gasteiger partial charge in [-0.25, -0.2) is 4.39 Å². The maximum atomic E-state index is 13.4. The minimum atomic E-state index is -0.478. The molecule has 0 amide bonds. The number of ketones is 1. The smallest absolute Gasteiger partial charge is 0.183 e. The van der Waals surface area contributed by atoms with Crippen LogP contribution >= 0.6 is 0 Å². The molecule has 2 nitrogen and oxygen atoms in total. The van der Waals surface area contributed by atoms with E-state index in [1.165, 1.54) is 6.07 Å². The number of hydrogen-bond donors (Lipinski definition) is 0. The molecule has 0 saturated heterocycles. The Morgan fingerprint density at radius 3 is 2.10 bits per heavy atom. The van der Waals surface area contributed by atoms with E-state index in [9.17, 15) is 9.18 Å². The fraction of sp³-hybridized carbons (Fsp3) is 0.588. The highest BCUT2D eigenvalue weighted by atomic mass is 19.1. The zero-order valence-corrected chi connectivity index (χ0v) is 13.3. The maximum absolute atomic E-state index is 13.4. The second-order valence-corrected chi connectivity index (χ2v) is 5.20. The summed E-state index contributed by atoms with van der Waals surface area (Å²) in [5, 5.41) is 0. The Kier molecular flexibility index (Phi) is 5.88. The SMILES string of the molecule is CCN(CC)C(CC)(CC)C(=O)c1ccc(F)c(C)c1. The van der Waals surface area contributed by atoms with Gasteiger partial charge in [0.25, 0.3) is 0 Å². The second kappa shape index (κ2) is 6.98. The van der Waals surface area contributed by atoms with Crippen molar-refractivity contribution in [1.82, 2.24) is 4.90 Å². The first kappa shape index (κ1) is 16.8. The third kappa shape index (κ3) is 2.93. The van der Waals surface area contributed by atoms with Crippen molar-refractivity contribution in [2.45, 2.75) is 53.0 Å². The van der Waals surface area contributed by atoms with Crippen molar-refractivity contribution in [2.75, 3.05) is 13.1 Å². The molecule has 0 aliphatic rings. The molecule has 0 bridgehead atoms. The fourth-order valence-electron chi connectivity index (χ4n) is 3.05. The molecule has 0 aliphatic heterocycles. The highest BCUT2D eigenvalue weighted by molar-refractivity contribution is 6.03. The highest BCUT2D eigenvalue weighted by Crippen LogP contribution is 2.29. The van der Waals surface area contributed by atoms with Crippen molar-refractivity contribution in [1.29, 1.82) is 0 Å². The molecule has 1 aromatic rings. The average molecular weight is 279 g/mol. The Bertz CT molecular complexity index is 462. The molecule has 0 fully saturated rings. The van der Waals surface area contributed by atoms with Crippen LogP contribution in [-0.2, 0) is 0 Å². The number of nitrogens with zero attached hydrogens (tertiary/aromatic N) is 1. The van der Waals surface area contributed by atoms with Crippen LogP contribution in [0.25, 0.3) is 0 Å². The van der Waals surface area contributed by atoms with E-state index in [1.54, 1.807) is 19.1 Å². The summed E-state index contributed by atoms with van der Waals surface area (Å²) >= 11 is 0. The zero-order chi connectivity index (χ0) is 15.3. The van der Waals surface area contributed by atoms with Gasteiger partial charge in [-0.15, -0.1) is 0 Å². The molecule has 0 radical (unpaired) electrons. The summed E-state index contributed by atoms with van der Waals surface area (Å²) in [6.45, 7) is 11.6. The van der Waals surface area contributed by atoms with Gasteiger partial charge >= 0.3 is 0 Å². The minimum Gasteiger partial charge on any atom is -0.292 e. The fourth-order valence-corrected chi connectivity index (χ4v) is 3.05. The topological polar surface area (TPSA) is 20.3 Å². The summed E-state index contributed by atoms with van der Waals surface area (Å²) in [5.41, 5.74) is 0.657.